The molecule has 0 bridgehead atoms. The van der Waals surface area contributed by atoms with Gasteiger partial charge in [0.1, 0.15) is 5.75 Å². The van der Waals surface area contributed by atoms with Crippen LogP contribution in [0.25, 0.3) is 0 Å². The Morgan fingerprint density at radius 2 is 1.16 bits per heavy atom. The highest BCUT2D eigenvalue weighted by Crippen LogP contribution is 2.58. The highest BCUT2D eigenvalue weighted by atomic mass is 16.3. The smallest absolute Gasteiger partial charge is 0.238 e. The van der Waals surface area contributed by atoms with E-state index >= 15 is 0 Å². The minimum Gasteiger partial charge on any atom is -0.507 e. The number of anilines is 2. The van der Waals surface area contributed by atoms with Crippen molar-refractivity contribution in [3.8, 4) is 5.75 Å². The maximum atomic E-state index is 14.3. The molecule has 2 aliphatic carbocycles. The number of aromatic hydroxyl groups is 1. The molecule has 2 aliphatic heterocycles. The quantitative estimate of drug-likeness (QED) is 0.278. The first kappa shape index (κ1) is 29.2. The van der Waals surface area contributed by atoms with Crippen LogP contribution in [0.5, 0.6) is 5.75 Å². The molecule has 2 saturated heterocycles. The maximum Gasteiger partial charge on any atom is 0.238 e. The Morgan fingerprint density at radius 3 is 1.67 bits per heavy atom. The summed E-state index contributed by atoms with van der Waals surface area (Å²) >= 11 is 0. The van der Waals surface area contributed by atoms with E-state index in [0.29, 0.717) is 35.3 Å². The summed E-state index contributed by atoms with van der Waals surface area (Å²) in [6.45, 7) is 7.78. The molecule has 7 rings (SSSR count). The number of amides is 4. The average molecular weight is 603 g/mol. The number of rotatable bonds is 5. The lowest BCUT2D eigenvalue weighted by Gasteiger charge is -2.44. The van der Waals surface area contributed by atoms with Crippen molar-refractivity contribution in [2.75, 3.05) is 9.80 Å². The number of nitrogens with zero attached hydrogens (tertiary/aromatic N) is 2. The van der Waals surface area contributed by atoms with E-state index in [1.54, 1.807) is 0 Å². The number of carbonyl (C=O) groups excluding carboxylic acids is 4. The molecule has 6 atom stereocenters. The number of aryl methyl sites for hydroxylation is 4. The average Bonchev–Trinajstić information content (AvgIpc) is 3.46. The predicted octanol–water partition coefficient (Wildman–Crippen LogP) is 6.18. The fourth-order valence-corrected chi connectivity index (χ4v) is 8.40. The minimum absolute atomic E-state index is 0.202. The molecule has 6 unspecified atom stereocenters. The molecule has 4 aliphatic rings. The number of carbonyl (C=O) groups is 4. The van der Waals surface area contributed by atoms with Gasteiger partial charge in [-0.2, -0.15) is 0 Å². The SMILES string of the molecule is CCc1ccc(N2C(=O)C3CC=C4C(CC5C(=O)N(c6ccc(CC)cc6)C(=O)C5C4c4cc(C)c(O)c(C)c4)C3C2=O)cc1. The monoisotopic (exact) mass is 602 g/mol. The fourth-order valence-electron chi connectivity index (χ4n) is 8.40. The topological polar surface area (TPSA) is 95.0 Å². The summed E-state index contributed by atoms with van der Waals surface area (Å²) in [5.74, 6) is -3.94. The standard InChI is InChI=1S/C38H38N2O5/c1-5-22-7-11-25(12-8-22)39-35(42)28-16-15-27-29(32(28)37(39)44)19-30-33(31(27)24-17-20(3)34(41)21(4)18-24)38(45)40(36(30)43)26-13-9-23(6-2)10-14-26/h7-15,17-18,28-33,41H,5-6,16,19H2,1-4H3. The second kappa shape index (κ2) is 10.8. The first-order valence-electron chi connectivity index (χ1n) is 16.1. The Bertz CT molecular complexity index is 1750. The number of hydrogen-bond acceptors (Lipinski definition) is 5. The van der Waals surface area contributed by atoms with Gasteiger partial charge in [-0.15, -0.1) is 0 Å². The Labute approximate surface area is 263 Å². The van der Waals surface area contributed by atoms with Crippen LogP contribution in [-0.4, -0.2) is 28.7 Å². The highest BCUT2D eigenvalue weighted by Gasteiger charge is 2.62. The third kappa shape index (κ3) is 4.38. The van der Waals surface area contributed by atoms with Gasteiger partial charge in [0, 0.05) is 5.92 Å². The third-order valence-corrected chi connectivity index (χ3v) is 10.7. The molecule has 1 saturated carbocycles. The normalized spacial score (nSPS) is 27.4. The van der Waals surface area contributed by atoms with Gasteiger partial charge in [-0.05, 0) is 97.5 Å². The number of phenols is 1. The van der Waals surface area contributed by atoms with Gasteiger partial charge in [-0.1, -0.05) is 61.9 Å². The first-order chi connectivity index (χ1) is 21.6. The van der Waals surface area contributed by atoms with Crippen LogP contribution in [0.3, 0.4) is 0 Å². The molecule has 4 amide bonds. The lowest BCUT2D eigenvalue weighted by Crippen LogP contribution is -2.43. The Kier molecular flexibility index (Phi) is 7.03. The second-order valence-electron chi connectivity index (χ2n) is 13.1. The van der Waals surface area contributed by atoms with Crippen molar-refractivity contribution in [3.05, 3.63) is 100 Å². The Hall–Kier alpha value is -4.52. The second-order valence-corrected chi connectivity index (χ2v) is 13.1. The van der Waals surface area contributed by atoms with Gasteiger partial charge >= 0.3 is 0 Å². The number of fused-ring (bicyclic) bond motifs is 4. The number of hydrogen-bond donors (Lipinski definition) is 1. The summed E-state index contributed by atoms with van der Waals surface area (Å²) in [6.07, 6.45) is 4.50. The molecular weight excluding hydrogens is 564 g/mol. The van der Waals surface area contributed by atoms with Gasteiger partial charge in [0.25, 0.3) is 0 Å². The van der Waals surface area contributed by atoms with Crippen LogP contribution in [0.4, 0.5) is 11.4 Å². The molecule has 7 heteroatoms. The van der Waals surface area contributed by atoms with Gasteiger partial charge in [0.2, 0.25) is 23.6 Å². The summed E-state index contributed by atoms with van der Waals surface area (Å²) in [4.78, 5) is 59.2. The van der Waals surface area contributed by atoms with Gasteiger partial charge in [-0.25, -0.2) is 0 Å². The van der Waals surface area contributed by atoms with Crippen molar-refractivity contribution in [3.63, 3.8) is 0 Å². The fraction of sp³-hybridized carbons (Fsp3) is 0.368. The molecule has 45 heavy (non-hydrogen) atoms. The van der Waals surface area contributed by atoms with E-state index in [1.807, 2.05) is 74.5 Å². The maximum absolute atomic E-state index is 14.3. The van der Waals surface area contributed by atoms with Gasteiger partial charge in [0.15, 0.2) is 0 Å². The summed E-state index contributed by atoms with van der Waals surface area (Å²) in [5.41, 5.74) is 6.54. The molecule has 7 nitrogen and oxygen atoms in total. The number of benzene rings is 3. The summed E-state index contributed by atoms with van der Waals surface area (Å²) < 4.78 is 0. The van der Waals surface area contributed by atoms with Crippen LogP contribution in [0.1, 0.15) is 60.4 Å². The van der Waals surface area contributed by atoms with Crippen LogP contribution >= 0.6 is 0 Å². The number of imide groups is 2. The van der Waals surface area contributed by atoms with E-state index in [0.717, 1.165) is 35.1 Å². The zero-order chi connectivity index (χ0) is 31.7. The molecule has 230 valence electrons. The van der Waals surface area contributed by atoms with E-state index < -0.39 is 29.6 Å². The molecular formula is C38H38N2O5. The van der Waals surface area contributed by atoms with Crippen molar-refractivity contribution < 1.29 is 24.3 Å². The summed E-state index contributed by atoms with van der Waals surface area (Å²) in [7, 11) is 0. The van der Waals surface area contributed by atoms with Crippen molar-refractivity contribution in [1.29, 1.82) is 0 Å². The molecule has 2 heterocycles. The first-order valence-corrected chi connectivity index (χ1v) is 16.1. The zero-order valence-corrected chi connectivity index (χ0v) is 26.1. The van der Waals surface area contributed by atoms with Gasteiger partial charge < -0.3 is 5.11 Å². The van der Waals surface area contributed by atoms with Crippen LogP contribution in [0.15, 0.2) is 72.3 Å². The third-order valence-electron chi connectivity index (χ3n) is 10.7. The Balaban J connectivity index is 1.33. The lowest BCUT2D eigenvalue weighted by atomic mass is 9.57. The molecule has 0 radical (unpaired) electrons. The molecule has 0 spiro atoms. The Morgan fingerprint density at radius 1 is 0.667 bits per heavy atom. The summed E-state index contributed by atoms with van der Waals surface area (Å²) in [5, 5.41) is 10.6. The molecule has 0 aromatic heterocycles. The molecule has 3 aromatic carbocycles. The van der Waals surface area contributed by atoms with Crippen molar-refractivity contribution in [1.82, 2.24) is 0 Å². The van der Waals surface area contributed by atoms with Crippen LogP contribution < -0.4 is 9.80 Å². The van der Waals surface area contributed by atoms with E-state index in [1.165, 1.54) is 9.80 Å². The largest absolute Gasteiger partial charge is 0.507 e. The highest BCUT2D eigenvalue weighted by molar-refractivity contribution is 6.24. The lowest BCUT2D eigenvalue weighted by molar-refractivity contribution is -0.126. The van der Waals surface area contributed by atoms with Gasteiger partial charge in [-0.3, -0.25) is 29.0 Å². The molecule has 3 aromatic rings. The number of allylic oxidation sites excluding steroid dienone is 2. The molecule has 3 fully saturated rings. The zero-order valence-electron chi connectivity index (χ0n) is 26.1. The van der Waals surface area contributed by atoms with Gasteiger partial charge in [0.05, 0.1) is 35.0 Å². The number of phenolic OH excluding ortho intramolecular Hbond substituents is 1. The van der Waals surface area contributed by atoms with Crippen molar-refractivity contribution >= 4 is 35.0 Å². The van der Waals surface area contributed by atoms with E-state index in [4.69, 9.17) is 0 Å². The van der Waals surface area contributed by atoms with E-state index in [2.05, 4.69) is 19.9 Å². The van der Waals surface area contributed by atoms with Crippen molar-refractivity contribution in [2.24, 2.45) is 29.6 Å². The summed E-state index contributed by atoms with van der Waals surface area (Å²) in [6, 6.07) is 18.9. The molecule has 1 N–H and O–H groups in total. The predicted molar refractivity (Wildman–Crippen MR) is 172 cm³/mol. The van der Waals surface area contributed by atoms with E-state index in [9.17, 15) is 24.3 Å². The minimum atomic E-state index is -0.643. The van der Waals surface area contributed by atoms with Crippen LogP contribution in [0, 0.1) is 43.4 Å². The van der Waals surface area contributed by atoms with Crippen molar-refractivity contribution in [2.45, 2.75) is 59.3 Å². The van der Waals surface area contributed by atoms with Crippen LogP contribution in [-0.2, 0) is 32.0 Å². The van der Waals surface area contributed by atoms with Crippen LogP contribution in [0.2, 0.25) is 0 Å². The van der Waals surface area contributed by atoms with E-state index in [-0.39, 0.29) is 35.3 Å².